The molecule has 0 aliphatic rings. The average molecular weight is 2590 g/mol. The summed E-state index contributed by atoms with van der Waals surface area (Å²) < 4.78 is 128. The zero-order valence-corrected chi connectivity index (χ0v) is 93.5. The smallest absolute Gasteiger partial charge is 0.183 e. The highest BCUT2D eigenvalue weighted by Gasteiger charge is 2.21. The van der Waals surface area contributed by atoms with Crippen molar-refractivity contribution in [2.24, 2.45) is 5.73 Å². The van der Waals surface area contributed by atoms with Gasteiger partial charge in [-0.25, -0.2) is 94.1 Å². The van der Waals surface area contributed by atoms with Gasteiger partial charge in [0.15, 0.2) is 114 Å². The summed E-state index contributed by atoms with van der Waals surface area (Å²) in [4.78, 5) is 91.3. The predicted octanol–water partition coefficient (Wildman–Crippen LogP) is 23.5. The van der Waals surface area contributed by atoms with Gasteiger partial charge in [0.2, 0.25) is 0 Å². The van der Waals surface area contributed by atoms with Crippen LogP contribution in [0.4, 0.5) is 48.2 Å². The standard InChI is InChI=1S/C18H16FN5O.C14H14FIN2O.C12H12FIN2.C12H10FN5O.C8H11NO.C7H12O2.C6H4ClFIN.C6H6FIN2.C6H5N3O.C6H10O2.C5H2ClFIN/c1-11-4-5-12(2)24(11)18-17(19)13(3)15(9-20-18)25-14-6-7-23-16(8-14)21-10-22-23;1-9-12(16)8-18-14(13(9)15)17-7-10-3-5-11(19-2)6-4-10;1-7-4-5-8(2)16(7)12-11(13)9(3)10(14)6-15-12;1-7-9(5-15-12(14)11(7)13)19-8-2-3-18-10(4-8)16-6-17-18;1-10-8-4-2-7(6-9)3-5-8;1-3-6(8)5-7(9)4-2;1-3-4(9)2-10-6(7)5(3)8;1-3-4(8)2-10-6(9)5(3)7;10-5-1-2-9-6(3-5)7-4-8-9;1-5(7)3-4-6(2)8;6-5-4(7)3(8)1-2-9-5/h4-10H,1-3H3;3-6,8H,7H2,1-2H3,(H,17,18);4-6H,1-3H3;2-6H,1H3,(H2,14,15);2-5H,6,9H2,1H3;3-5H2,1-2H3;2H,1H3;2H,1H3,(H2,9,10);1-4H,(H,7,8);3-4H2,1-2H3;1-2H. The first-order chi connectivity index (χ1) is 68.8. The molecule has 0 amide bonds. The Morgan fingerprint density at radius 1 is 0.428 bits per heavy atom. The lowest BCUT2D eigenvalue weighted by Gasteiger charge is -2.14. The molecule has 0 spiro atoms. The van der Waals surface area contributed by atoms with Crippen LogP contribution in [0.15, 0.2) is 201 Å². The number of nitrogen functional groups attached to an aromatic ring is 2. The maximum absolute atomic E-state index is 14.9. The van der Waals surface area contributed by atoms with Crippen molar-refractivity contribution in [2.75, 3.05) is 31.0 Å². The van der Waals surface area contributed by atoms with Gasteiger partial charge in [-0.05, 0) is 274 Å². The SMILES string of the molecule is CC(=O)CCC(C)=O.CCC(=O)CC(=O)CC.COc1ccc(CN)cc1.COc1ccc(CNc2ncc(I)c(C)c2F)cc1.Cc1c(I)cnc(-n2c(C)ccc2C)c1F.Cc1c(I)cnc(Cl)c1F.Cc1c(I)cnc(N)c1F.Cc1c(Oc2ccn3ncnc3c2)cnc(-n2c(C)ccc2C)c1F.Cc1c(Oc2ccn3ncnc3c2)cnc(N)c1F.Fc1c(I)ccnc1Cl.O=c1ccn2[nH]cnc2c1. The third kappa shape index (κ3) is 36.4. The van der Waals surface area contributed by atoms with Crippen molar-refractivity contribution < 1.29 is 68.9 Å². The van der Waals surface area contributed by atoms with E-state index in [1.807, 2.05) is 173 Å². The number of hydrogen-bond acceptors (Lipinski definition) is 25. The molecule has 17 aromatic rings. The molecule has 15 aromatic heterocycles. The molecular weight excluding hydrogens is 2490 g/mol. The number of Topliss-reactive ketones (excluding diaryl/α,β-unsaturated/α-hetero) is 4. The highest BCUT2D eigenvalue weighted by Crippen LogP contribution is 2.33. The number of aromatic nitrogens is 18. The van der Waals surface area contributed by atoms with Crippen LogP contribution in [-0.4, -0.2) is 125 Å². The minimum atomic E-state index is -0.568. The first-order valence-electron chi connectivity index (χ1n) is 43.5. The summed E-state index contributed by atoms with van der Waals surface area (Å²) in [6.07, 6.45) is 22.3. The number of ether oxygens (including phenoxy) is 4. The van der Waals surface area contributed by atoms with E-state index in [0.717, 1.165) is 59.7 Å². The van der Waals surface area contributed by atoms with Crippen molar-refractivity contribution in [3.63, 3.8) is 0 Å². The topological polar surface area (TPSA) is 406 Å². The Bertz CT molecular complexity index is 7110. The van der Waals surface area contributed by atoms with Gasteiger partial charge in [-0.2, -0.15) is 10.2 Å². The molecule has 0 saturated carbocycles. The molecule has 0 fully saturated rings. The number of nitrogens with two attached hydrogens (primary N) is 3. The number of nitrogens with zero attached hydrogens (tertiary/aromatic N) is 17. The van der Waals surface area contributed by atoms with Gasteiger partial charge in [-0.3, -0.25) is 19.5 Å². The van der Waals surface area contributed by atoms with E-state index in [2.05, 4.69) is 116 Å². The fourth-order valence-electron chi connectivity index (χ4n) is 11.7. The molecule has 0 unspecified atom stereocenters. The summed E-state index contributed by atoms with van der Waals surface area (Å²) >= 11 is 20.7. The van der Waals surface area contributed by atoms with Crippen molar-refractivity contribution in [1.82, 2.24) is 87.8 Å². The van der Waals surface area contributed by atoms with Crippen LogP contribution >= 0.6 is 136 Å². The second-order valence-corrected chi connectivity index (χ2v) is 37.3. The maximum atomic E-state index is 14.9. The number of carbonyl (C=O) groups is 4. The fraction of sp³-hybridized carbons (Fsp3) is 0.230. The van der Waals surface area contributed by atoms with Gasteiger partial charge in [-0.15, -0.1) is 0 Å². The lowest BCUT2D eigenvalue weighted by molar-refractivity contribution is -0.126. The number of rotatable bonds is 19. The van der Waals surface area contributed by atoms with E-state index in [9.17, 15) is 54.7 Å². The monoisotopic (exact) mass is 2590 g/mol. The van der Waals surface area contributed by atoms with Gasteiger partial charge in [-0.1, -0.05) is 61.3 Å². The molecule has 0 aliphatic heterocycles. The molecule has 764 valence electrons. The molecule has 0 radical (unpaired) electrons. The number of hydrogen-bond donors (Lipinski definition) is 5. The van der Waals surface area contributed by atoms with E-state index in [1.54, 1.807) is 168 Å². The van der Waals surface area contributed by atoms with E-state index < -0.39 is 29.1 Å². The van der Waals surface area contributed by atoms with Crippen molar-refractivity contribution in [1.29, 1.82) is 0 Å². The van der Waals surface area contributed by atoms with Crippen LogP contribution in [0.2, 0.25) is 10.3 Å². The van der Waals surface area contributed by atoms with Crippen LogP contribution in [0, 0.1) is 128 Å². The summed E-state index contributed by atoms with van der Waals surface area (Å²) in [5.74, 6) is 1.68. The molecule has 45 heteroatoms. The van der Waals surface area contributed by atoms with E-state index in [0.29, 0.717) is 121 Å². The van der Waals surface area contributed by atoms with E-state index in [4.69, 9.17) is 59.4 Å². The fourth-order valence-corrected chi connectivity index (χ4v) is 14.1. The normalized spacial score (nSPS) is 10.3. The lowest BCUT2D eigenvalue weighted by Crippen LogP contribution is -2.07. The highest BCUT2D eigenvalue weighted by molar-refractivity contribution is 14.1. The lowest BCUT2D eigenvalue weighted by atomic mass is 10.1. The molecular formula is C100H102Cl2F7I5N22O9. The summed E-state index contributed by atoms with van der Waals surface area (Å²) in [7, 11) is 3.28. The average Bonchev–Trinajstić information content (AvgIpc) is 1.69. The van der Waals surface area contributed by atoms with Crippen LogP contribution in [0.5, 0.6) is 34.5 Å². The zero-order valence-electron chi connectivity index (χ0n) is 81.2. The second kappa shape index (κ2) is 59.3. The number of anilines is 3. The molecule has 2 aromatic carbocycles. The van der Waals surface area contributed by atoms with E-state index in [1.165, 1.54) is 57.4 Å². The number of carbonyl (C=O) groups excluding carboxylic acids is 4. The number of aromatic amines is 1. The Morgan fingerprint density at radius 3 is 1.28 bits per heavy atom. The van der Waals surface area contributed by atoms with Crippen molar-refractivity contribution in [2.45, 2.75) is 142 Å². The molecule has 0 aliphatic carbocycles. The number of aryl methyl sites for hydroxylation is 4. The Hall–Kier alpha value is -12.3. The van der Waals surface area contributed by atoms with Crippen LogP contribution < -0.4 is 46.9 Å². The van der Waals surface area contributed by atoms with Crippen LogP contribution in [-0.2, 0) is 32.3 Å². The Balaban J connectivity index is 0.000000221. The van der Waals surface area contributed by atoms with Gasteiger partial charge in [0.1, 0.15) is 65.1 Å². The summed E-state index contributed by atoms with van der Waals surface area (Å²) in [5, 5.41) is 13.7. The number of nitrogens with one attached hydrogen (secondary N) is 2. The van der Waals surface area contributed by atoms with Gasteiger partial charge in [0.25, 0.3) is 0 Å². The van der Waals surface area contributed by atoms with Crippen molar-refractivity contribution in [3.05, 3.63) is 343 Å². The van der Waals surface area contributed by atoms with E-state index in [-0.39, 0.29) is 80.2 Å². The van der Waals surface area contributed by atoms with Crippen LogP contribution in [0.3, 0.4) is 0 Å². The number of fused-ring (bicyclic) bond motifs is 3. The first kappa shape index (κ1) is 120. The van der Waals surface area contributed by atoms with Gasteiger partial charge >= 0.3 is 0 Å². The number of pyridine rings is 10. The number of ketones is 4. The third-order valence-corrected chi connectivity index (χ3v) is 26.0. The molecule has 15 heterocycles. The minimum Gasteiger partial charge on any atom is -0.497 e. The molecule has 0 atom stereocenters. The van der Waals surface area contributed by atoms with E-state index >= 15 is 0 Å². The summed E-state index contributed by atoms with van der Waals surface area (Å²) in [6, 6.07) is 34.5. The Morgan fingerprint density at radius 2 is 0.834 bits per heavy atom. The number of benzene rings is 2. The molecule has 0 saturated heterocycles. The minimum absolute atomic E-state index is 0.0212. The molecule has 145 heavy (non-hydrogen) atoms. The quantitative estimate of drug-likeness (QED) is 0.0217. The molecule has 17 rings (SSSR count). The Kier molecular flexibility index (Phi) is 49.0. The highest BCUT2D eigenvalue weighted by atomic mass is 127. The first-order valence-corrected chi connectivity index (χ1v) is 49.6. The zero-order chi connectivity index (χ0) is 107. The van der Waals surface area contributed by atoms with Crippen molar-refractivity contribution in [3.8, 4) is 46.1 Å². The number of halogens is 14. The van der Waals surface area contributed by atoms with Crippen LogP contribution in [0.1, 0.15) is 127 Å². The predicted molar refractivity (Wildman–Crippen MR) is 587 cm³/mol. The molecule has 31 nitrogen and oxygen atoms in total. The number of methoxy groups -OCH3 is 2. The van der Waals surface area contributed by atoms with Gasteiger partial charge in [0.05, 0.1) is 36.6 Å². The summed E-state index contributed by atoms with van der Waals surface area (Å²) in [5.41, 5.74) is 27.0. The Labute approximate surface area is 909 Å². The van der Waals surface area contributed by atoms with Gasteiger partial charge in [0, 0.05) is 183 Å². The largest absolute Gasteiger partial charge is 0.497 e. The van der Waals surface area contributed by atoms with Crippen molar-refractivity contribution >= 4 is 194 Å². The maximum Gasteiger partial charge on any atom is 0.183 e. The van der Waals surface area contributed by atoms with Crippen LogP contribution in [0.25, 0.3) is 28.6 Å². The molecule has 8 N–H and O–H groups in total. The third-order valence-electron chi connectivity index (χ3n) is 20.3. The van der Waals surface area contributed by atoms with Gasteiger partial charge < -0.3 is 60.2 Å². The molecule has 0 bridgehead atoms. The number of H-pyrrole nitrogens is 1. The second-order valence-electron chi connectivity index (χ2n) is 30.8. The summed E-state index contributed by atoms with van der Waals surface area (Å²) in [6.45, 7) is 25.5.